The van der Waals surface area contributed by atoms with Crippen molar-refractivity contribution in [3.63, 3.8) is 0 Å². The van der Waals surface area contributed by atoms with Crippen LogP contribution < -0.4 is 10.1 Å². The zero-order valence-corrected chi connectivity index (χ0v) is 11.0. The monoisotopic (exact) mass is 298 g/mol. The van der Waals surface area contributed by atoms with E-state index in [1.165, 1.54) is 25.6 Å². The first-order valence-electron chi connectivity index (χ1n) is 5.47. The van der Waals surface area contributed by atoms with Crippen LogP contribution in [0.3, 0.4) is 0 Å². The van der Waals surface area contributed by atoms with Crippen LogP contribution in [0.15, 0.2) is 30.6 Å². The van der Waals surface area contributed by atoms with Crippen LogP contribution in [0.5, 0.6) is 5.75 Å². The minimum absolute atomic E-state index is 0.264. The Morgan fingerprint density at radius 3 is 2.80 bits per heavy atom. The van der Waals surface area contributed by atoms with Gasteiger partial charge in [0.05, 0.1) is 18.9 Å². The third-order valence-electron chi connectivity index (χ3n) is 2.53. The molecule has 0 radical (unpaired) electrons. The summed E-state index contributed by atoms with van der Waals surface area (Å²) in [5.74, 6) is -2.47. The van der Waals surface area contributed by atoms with Gasteiger partial charge in [-0.1, -0.05) is 11.6 Å². The third-order valence-corrected chi connectivity index (χ3v) is 2.88. The highest BCUT2D eigenvalue weighted by molar-refractivity contribution is 6.31. The first-order chi connectivity index (χ1) is 9.54. The second-order valence-electron chi connectivity index (χ2n) is 3.75. The number of carbonyl (C=O) groups is 1. The third kappa shape index (κ3) is 2.70. The molecule has 1 aromatic heterocycles. The van der Waals surface area contributed by atoms with E-state index in [1.54, 1.807) is 0 Å². The lowest BCUT2D eigenvalue weighted by Crippen LogP contribution is -2.15. The Labute approximate surface area is 118 Å². The van der Waals surface area contributed by atoms with Crippen molar-refractivity contribution >= 4 is 23.2 Å². The number of ether oxygens (including phenoxy) is 1. The molecule has 1 N–H and O–H groups in total. The van der Waals surface area contributed by atoms with Crippen molar-refractivity contribution < 1.29 is 18.3 Å². The van der Waals surface area contributed by atoms with Crippen molar-refractivity contribution in [3.05, 3.63) is 52.8 Å². The molecule has 2 rings (SSSR count). The average molecular weight is 299 g/mol. The molecule has 0 aliphatic rings. The van der Waals surface area contributed by atoms with Crippen molar-refractivity contribution in [1.29, 1.82) is 0 Å². The van der Waals surface area contributed by atoms with Crippen molar-refractivity contribution in [2.24, 2.45) is 0 Å². The number of methoxy groups -OCH3 is 1. The molecule has 0 fully saturated rings. The van der Waals surface area contributed by atoms with Crippen molar-refractivity contribution in [1.82, 2.24) is 4.98 Å². The molecule has 104 valence electrons. The van der Waals surface area contributed by atoms with Crippen molar-refractivity contribution in [2.45, 2.75) is 0 Å². The Morgan fingerprint density at radius 2 is 2.10 bits per heavy atom. The molecule has 0 saturated heterocycles. The molecular weight excluding hydrogens is 290 g/mol. The van der Waals surface area contributed by atoms with E-state index >= 15 is 0 Å². The fourth-order valence-electron chi connectivity index (χ4n) is 1.54. The highest BCUT2D eigenvalue weighted by Gasteiger charge is 2.18. The molecule has 0 saturated carbocycles. The van der Waals surface area contributed by atoms with Gasteiger partial charge in [-0.2, -0.15) is 0 Å². The summed E-state index contributed by atoms with van der Waals surface area (Å²) in [4.78, 5) is 15.8. The Balaban J connectivity index is 2.31. The van der Waals surface area contributed by atoms with Gasteiger partial charge in [-0.15, -0.1) is 0 Å². The van der Waals surface area contributed by atoms with Gasteiger partial charge >= 0.3 is 0 Å². The zero-order chi connectivity index (χ0) is 14.7. The summed E-state index contributed by atoms with van der Waals surface area (Å²) < 4.78 is 31.8. The molecule has 7 heteroatoms. The molecule has 0 bridgehead atoms. The summed E-state index contributed by atoms with van der Waals surface area (Å²) in [6.07, 6.45) is 2.82. The number of hydrogen-bond donors (Lipinski definition) is 1. The number of anilines is 1. The fourth-order valence-corrected chi connectivity index (χ4v) is 1.71. The lowest BCUT2D eigenvalue weighted by atomic mass is 10.2. The van der Waals surface area contributed by atoms with E-state index in [0.29, 0.717) is 5.75 Å². The van der Waals surface area contributed by atoms with Crippen LogP contribution in [-0.2, 0) is 0 Å². The minimum Gasteiger partial charge on any atom is -0.494 e. The highest BCUT2D eigenvalue weighted by atomic mass is 35.5. The van der Waals surface area contributed by atoms with Gasteiger partial charge in [0.15, 0.2) is 5.82 Å². The van der Waals surface area contributed by atoms with E-state index in [9.17, 15) is 13.6 Å². The first-order valence-corrected chi connectivity index (χ1v) is 5.85. The van der Waals surface area contributed by atoms with Crippen LogP contribution in [0.4, 0.5) is 14.5 Å². The normalized spacial score (nSPS) is 10.2. The summed E-state index contributed by atoms with van der Waals surface area (Å²) >= 11 is 5.42. The van der Waals surface area contributed by atoms with Crippen LogP contribution in [0.1, 0.15) is 10.4 Å². The maximum Gasteiger partial charge on any atom is 0.258 e. The number of halogens is 3. The van der Waals surface area contributed by atoms with Gasteiger partial charge in [0.2, 0.25) is 0 Å². The highest BCUT2D eigenvalue weighted by Crippen LogP contribution is 2.25. The van der Waals surface area contributed by atoms with Crippen LogP contribution in [0.2, 0.25) is 5.02 Å². The van der Waals surface area contributed by atoms with E-state index < -0.39 is 22.6 Å². The summed E-state index contributed by atoms with van der Waals surface area (Å²) in [6.45, 7) is 0. The van der Waals surface area contributed by atoms with Crippen LogP contribution >= 0.6 is 11.6 Å². The van der Waals surface area contributed by atoms with Gasteiger partial charge < -0.3 is 10.1 Å². The molecule has 1 heterocycles. The molecule has 2 aromatic rings. The second kappa shape index (κ2) is 5.83. The average Bonchev–Trinajstić information content (AvgIpc) is 2.45. The largest absolute Gasteiger partial charge is 0.494 e. The predicted octanol–water partition coefficient (Wildman–Crippen LogP) is 3.27. The lowest BCUT2D eigenvalue weighted by Gasteiger charge is -2.10. The molecule has 0 aliphatic heterocycles. The maximum absolute atomic E-state index is 13.7. The Hall–Kier alpha value is -2.21. The summed E-state index contributed by atoms with van der Waals surface area (Å²) in [7, 11) is 1.42. The molecule has 0 spiro atoms. The number of aromatic nitrogens is 1. The van der Waals surface area contributed by atoms with Crippen LogP contribution in [-0.4, -0.2) is 18.0 Å². The zero-order valence-electron chi connectivity index (χ0n) is 10.3. The lowest BCUT2D eigenvalue weighted by molar-refractivity contribution is 0.102. The smallest absolute Gasteiger partial charge is 0.258 e. The Morgan fingerprint density at radius 1 is 1.35 bits per heavy atom. The van der Waals surface area contributed by atoms with Gasteiger partial charge in [0, 0.05) is 12.3 Å². The minimum atomic E-state index is -1.12. The standard InChI is InChI=1S/C13H9ClF2N2O2/c1-20-10-4-5-17-6-9(10)18-13(19)7-2-3-8(15)11(14)12(7)16/h2-6H,1H3,(H,18,19). The fraction of sp³-hybridized carbons (Fsp3) is 0.0769. The van der Waals surface area contributed by atoms with E-state index in [4.69, 9.17) is 16.3 Å². The Kier molecular flexibility index (Phi) is 4.14. The number of rotatable bonds is 3. The van der Waals surface area contributed by atoms with Gasteiger partial charge in [-0.25, -0.2) is 8.78 Å². The van der Waals surface area contributed by atoms with E-state index in [2.05, 4.69) is 10.3 Å². The molecule has 1 aromatic carbocycles. The Bertz CT molecular complexity index is 665. The number of benzene rings is 1. The summed E-state index contributed by atoms with van der Waals surface area (Å²) in [5.41, 5.74) is -0.109. The molecule has 1 amide bonds. The van der Waals surface area contributed by atoms with Crippen molar-refractivity contribution in [2.75, 3.05) is 12.4 Å². The molecular formula is C13H9ClF2N2O2. The topological polar surface area (TPSA) is 51.2 Å². The van der Waals surface area contributed by atoms with E-state index in [-0.39, 0.29) is 11.3 Å². The quantitative estimate of drug-likeness (QED) is 0.885. The van der Waals surface area contributed by atoms with E-state index in [1.807, 2.05) is 0 Å². The molecule has 0 aliphatic carbocycles. The number of nitrogens with one attached hydrogen (secondary N) is 1. The number of carbonyl (C=O) groups excluding carboxylic acids is 1. The van der Waals surface area contributed by atoms with Gasteiger partial charge in [-0.05, 0) is 12.1 Å². The first kappa shape index (κ1) is 14.2. The number of amides is 1. The van der Waals surface area contributed by atoms with E-state index in [0.717, 1.165) is 12.1 Å². The van der Waals surface area contributed by atoms with Gasteiger partial charge in [0.1, 0.15) is 22.3 Å². The predicted molar refractivity (Wildman–Crippen MR) is 70.1 cm³/mol. The van der Waals surface area contributed by atoms with Gasteiger partial charge in [0.25, 0.3) is 5.91 Å². The van der Waals surface area contributed by atoms with Crippen LogP contribution in [0.25, 0.3) is 0 Å². The molecule has 0 atom stereocenters. The van der Waals surface area contributed by atoms with Gasteiger partial charge in [-0.3, -0.25) is 9.78 Å². The number of nitrogens with zero attached hydrogens (tertiary/aromatic N) is 1. The summed E-state index contributed by atoms with van der Waals surface area (Å²) in [6, 6.07) is 3.46. The maximum atomic E-state index is 13.7. The van der Waals surface area contributed by atoms with Crippen molar-refractivity contribution in [3.8, 4) is 5.75 Å². The SMILES string of the molecule is COc1ccncc1NC(=O)c1ccc(F)c(Cl)c1F. The van der Waals surface area contributed by atoms with Crippen LogP contribution in [0, 0.1) is 11.6 Å². The molecule has 0 unspecified atom stereocenters. The summed E-state index contributed by atoms with van der Waals surface area (Å²) in [5, 5.41) is 1.69. The second-order valence-corrected chi connectivity index (χ2v) is 4.13. The number of hydrogen-bond acceptors (Lipinski definition) is 3. The molecule has 20 heavy (non-hydrogen) atoms. The molecule has 4 nitrogen and oxygen atoms in total. The number of pyridine rings is 1.